The first-order valence-electron chi connectivity index (χ1n) is 17.3. The highest BCUT2D eigenvalue weighted by molar-refractivity contribution is 6.12. The summed E-state index contributed by atoms with van der Waals surface area (Å²) < 4.78 is 6.86. The molecule has 50 heavy (non-hydrogen) atoms. The van der Waals surface area contributed by atoms with E-state index in [4.69, 9.17) is 4.42 Å². The van der Waals surface area contributed by atoms with Gasteiger partial charge in [0.25, 0.3) is 0 Å². The summed E-state index contributed by atoms with van der Waals surface area (Å²) in [6, 6.07) is 65.6. The Kier molecular flexibility index (Phi) is 6.34. The number of hydrogen-bond acceptors (Lipinski definition) is 2. The summed E-state index contributed by atoms with van der Waals surface area (Å²) in [5.41, 5.74) is 13.6. The van der Waals surface area contributed by atoms with Crippen LogP contribution in [0, 0.1) is 0 Å². The second kappa shape index (κ2) is 11.1. The van der Waals surface area contributed by atoms with Crippen LogP contribution in [0.25, 0.3) is 55.0 Å². The lowest BCUT2D eigenvalue weighted by molar-refractivity contribution is 0.667. The SMILES string of the molecule is CC1(c2ccc3oc4c(N(c5ccc(-c6ccccc6)cc5)c5cccc6ccccc56)cccc4c3c2)c2ccccc2-c2ccccc21. The van der Waals surface area contributed by atoms with Crippen molar-refractivity contribution in [3.63, 3.8) is 0 Å². The van der Waals surface area contributed by atoms with Crippen LogP contribution in [0.3, 0.4) is 0 Å². The second-order valence-electron chi connectivity index (χ2n) is 13.4. The molecule has 0 radical (unpaired) electrons. The first kappa shape index (κ1) is 28.6. The van der Waals surface area contributed by atoms with Crippen molar-refractivity contribution in [1.82, 2.24) is 0 Å². The van der Waals surface area contributed by atoms with Gasteiger partial charge >= 0.3 is 0 Å². The molecule has 10 rings (SSSR count). The maximum atomic E-state index is 6.86. The number of hydrogen-bond donors (Lipinski definition) is 0. The number of nitrogens with zero attached hydrogens (tertiary/aromatic N) is 1. The third-order valence-corrected chi connectivity index (χ3v) is 10.8. The van der Waals surface area contributed by atoms with Crippen LogP contribution in [0.1, 0.15) is 23.6 Å². The van der Waals surface area contributed by atoms with E-state index in [1.165, 1.54) is 49.7 Å². The Morgan fingerprint density at radius 3 is 1.84 bits per heavy atom. The van der Waals surface area contributed by atoms with E-state index in [1.54, 1.807) is 0 Å². The molecule has 0 saturated heterocycles. The van der Waals surface area contributed by atoms with E-state index in [0.29, 0.717) is 0 Å². The molecule has 0 aliphatic heterocycles. The van der Waals surface area contributed by atoms with Crippen molar-refractivity contribution >= 4 is 49.8 Å². The van der Waals surface area contributed by atoms with Crippen molar-refractivity contribution in [3.8, 4) is 22.3 Å². The van der Waals surface area contributed by atoms with Gasteiger partial charge in [-0.15, -0.1) is 0 Å². The number of rotatable bonds is 5. The van der Waals surface area contributed by atoms with E-state index in [9.17, 15) is 0 Å². The molecule has 0 atom stereocenters. The fourth-order valence-corrected chi connectivity index (χ4v) is 8.28. The molecule has 8 aromatic carbocycles. The van der Waals surface area contributed by atoms with Crippen LogP contribution in [0.4, 0.5) is 17.1 Å². The molecule has 9 aromatic rings. The van der Waals surface area contributed by atoms with Gasteiger partial charge in [-0.25, -0.2) is 0 Å². The summed E-state index contributed by atoms with van der Waals surface area (Å²) in [4.78, 5) is 2.35. The smallest absolute Gasteiger partial charge is 0.159 e. The average molecular weight is 640 g/mol. The molecule has 0 fully saturated rings. The lowest BCUT2D eigenvalue weighted by Gasteiger charge is -2.28. The zero-order chi connectivity index (χ0) is 33.2. The molecular formula is C48H33NO. The summed E-state index contributed by atoms with van der Waals surface area (Å²) in [5, 5.41) is 4.61. The largest absolute Gasteiger partial charge is 0.454 e. The van der Waals surface area contributed by atoms with E-state index >= 15 is 0 Å². The number of fused-ring (bicyclic) bond motifs is 7. The van der Waals surface area contributed by atoms with Gasteiger partial charge in [-0.3, -0.25) is 0 Å². The average Bonchev–Trinajstić information content (AvgIpc) is 3.69. The summed E-state index contributed by atoms with van der Waals surface area (Å²) in [7, 11) is 0. The quantitative estimate of drug-likeness (QED) is 0.186. The molecule has 0 spiro atoms. The van der Waals surface area contributed by atoms with Gasteiger partial charge < -0.3 is 9.32 Å². The van der Waals surface area contributed by atoms with Crippen molar-refractivity contribution in [2.75, 3.05) is 4.90 Å². The van der Waals surface area contributed by atoms with Crippen LogP contribution in [0.15, 0.2) is 186 Å². The molecule has 2 heteroatoms. The molecule has 0 saturated carbocycles. The molecule has 1 aliphatic rings. The molecule has 1 aliphatic carbocycles. The molecule has 0 N–H and O–H groups in total. The van der Waals surface area contributed by atoms with Crippen molar-refractivity contribution < 1.29 is 4.42 Å². The van der Waals surface area contributed by atoms with Gasteiger partial charge in [-0.05, 0) is 87.7 Å². The van der Waals surface area contributed by atoms with Gasteiger partial charge in [0.05, 0.1) is 11.4 Å². The zero-order valence-electron chi connectivity index (χ0n) is 27.7. The van der Waals surface area contributed by atoms with E-state index < -0.39 is 0 Å². The third-order valence-electron chi connectivity index (χ3n) is 10.8. The normalized spacial score (nSPS) is 13.1. The maximum absolute atomic E-state index is 6.86. The highest BCUT2D eigenvalue weighted by atomic mass is 16.3. The van der Waals surface area contributed by atoms with Crippen molar-refractivity contribution in [2.24, 2.45) is 0 Å². The molecule has 2 nitrogen and oxygen atoms in total. The Hall–Kier alpha value is -6.38. The Morgan fingerprint density at radius 1 is 0.460 bits per heavy atom. The number of anilines is 3. The molecular weight excluding hydrogens is 607 g/mol. The standard InChI is InChI=1S/C48H33NO/c1-48(42-21-9-7-18-38(42)39-19-8-10-22-43(39)48)35-27-30-46-41(31-35)40-20-12-24-45(47(40)50-46)49(44-23-11-16-34-15-5-6-17-37(34)44)36-28-25-33(26-29-36)32-13-3-2-4-14-32/h2-31H,1H3. The highest BCUT2D eigenvalue weighted by Gasteiger charge is 2.40. The second-order valence-corrected chi connectivity index (χ2v) is 13.4. The Bertz CT molecular complexity index is 2670. The Balaban J connectivity index is 1.18. The van der Waals surface area contributed by atoms with Gasteiger partial charge in [-0.1, -0.05) is 146 Å². The topological polar surface area (TPSA) is 16.4 Å². The van der Waals surface area contributed by atoms with Crippen molar-refractivity contribution in [3.05, 3.63) is 199 Å². The first-order valence-corrected chi connectivity index (χ1v) is 17.3. The molecule has 0 unspecified atom stereocenters. The molecule has 0 bridgehead atoms. The highest BCUT2D eigenvalue weighted by Crippen LogP contribution is 2.53. The monoisotopic (exact) mass is 639 g/mol. The summed E-state index contributed by atoms with van der Waals surface area (Å²) in [6.07, 6.45) is 0. The molecule has 236 valence electrons. The third kappa shape index (κ3) is 4.22. The van der Waals surface area contributed by atoms with E-state index in [0.717, 1.165) is 39.0 Å². The fourth-order valence-electron chi connectivity index (χ4n) is 8.28. The van der Waals surface area contributed by atoms with Crippen LogP contribution in [0.2, 0.25) is 0 Å². The minimum atomic E-state index is -0.280. The number of benzene rings is 8. The number of furan rings is 1. The summed E-state index contributed by atoms with van der Waals surface area (Å²) in [5.74, 6) is 0. The first-order chi connectivity index (χ1) is 24.7. The van der Waals surface area contributed by atoms with Crippen LogP contribution >= 0.6 is 0 Å². The lowest BCUT2D eigenvalue weighted by atomic mass is 9.74. The predicted molar refractivity (Wildman–Crippen MR) is 209 cm³/mol. The van der Waals surface area contributed by atoms with Gasteiger partial charge in [0.2, 0.25) is 0 Å². The van der Waals surface area contributed by atoms with Crippen molar-refractivity contribution in [1.29, 1.82) is 0 Å². The van der Waals surface area contributed by atoms with E-state index in [2.05, 4.69) is 194 Å². The minimum absolute atomic E-state index is 0.280. The molecule has 0 amide bonds. The number of para-hydroxylation sites is 1. The minimum Gasteiger partial charge on any atom is -0.454 e. The predicted octanol–water partition coefficient (Wildman–Crippen LogP) is 13.2. The summed E-state index contributed by atoms with van der Waals surface area (Å²) in [6.45, 7) is 2.37. The van der Waals surface area contributed by atoms with Gasteiger partial charge in [0.15, 0.2) is 5.58 Å². The Labute approximate surface area is 291 Å². The lowest BCUT2D eigenvalue weighted by Crippen LogP contribution is -2.22. The van der Waals surface area contributed by atoms with E-state index in [1.807, 2.05) is 0 Å². The summed E-state index contributed by atoms with van der Waals surface area (Å²) >= 11 is 0. The van der Waals surface area contributed by atoms with Gasteiger partial charge in [-0.2, -0.15) is 0 Å². The van der Waals surface area contributed by atoms with Crippen LogP contribution in [-0.2, 0) is 5.41 Å². The Morgan fingerprint density at radius 2 is 1.06 bits per heavy atom. The molecule has 1 heterocycles. The van der Waals surface area contributed by atoms with Gasteiger partial charge in [0, 0.05) is 27.3 Å². The van der Waals surface area contributed by atoms with Crippen LogP contribution in [0.5, 0.6) is 0 Å². The van der Waals surface area contributed by atoms with E-state index in [-0.39, 0.29) is 5.41 Å². The zero-order valence-corrected chi connectivity index (χ0v) is 27.7. The maximum Gasteiger partial charge on any atom is 0.159 e. The van der Waals surface area contributed by atoms with Crippen LogP contribution in [-0.4, -0.2) is 0 Å². The molecule has 1 aromatic heterocycles. The van der Waals surface area contributed by atoms with Gasteiger partial charge in [0.1, 0.15) is 5.58 Å². The fraction of sp³-hybridized carbons (Fsp3) is 0.0417. The van der Waals surface area contributed by atoms with Crippen LogP contribution < -0.4 is 4.90 Å². The van der Waals surface area contributed by atoms with Crippen molar-refractivity contribution in [2.45, 2.75) is 12.3 Å².